The zero-order chi connectivity index (χ0) is 15.4. The molecule has 2 aliphatic carbocycles. The van der Waals surface area contributed by atoms with Gasteiger partial charge >= 0.3 is 0 Å². The molecule has 2 fully saturated rings. The third kappa shape index (κ3) is 3.85. The molecule has 1 aromatic rings. The maximum Gasteiger partial charge on any atom is 0.223 e. The SMILES string of the molecule is NC1CCC(C(=O)NCC2(Sc3ccccc3)CCCC2)C1. The first-order chi connectivity index (χ1) is 10.7. The summed E-state index contributed by atoms with van der Waals surface area (Å²) in [6.07, 6.45) is 7.71. The van der Waals surface area contributed by atoms with E-state index in [1.165, 1.54) is 30.6 Å². The topological polar surface area (TPSA) is 55.1 Å². The summed E-state index contributed by atoms with van der Waals surface area (Å²) < 4.78 is 0.178. The maximum absolute atomic E-state index is 12.4. The van der Waals surface area contributed by atoms with Crippen LogP contribution in [0.3, 0.4) is 0 Å². The van der Waals surface area contributed by atoms with Crippen LogP contribution in [0, 0.1) is 5.92 Å². The van der Waals surface area contributed by atoms with Gasteiger partial charge in [0.1, 0.15) is 0 Å². The van der Waals surface area contributed by atoms with Crippen molar-refractivity contribution in [3.63, 3.8) is 0 Å². The average molecular weight is 318 g/mol. The van der Waals surface area contributed by atoms with Crippen LogP contribution in [0.1, 0.15) is 44.9 Å². The molecule has 3 rings (SSSR count). The number of rotatable bonds is 5. The minimum Gasteiger partial charge on any atom is -0.354 e. The zero-order valence-electron chi connectivity index (χ0n) is 13.1. The van der Waals surface area contributed by atoms with Crippen molar-refractivity contribution in [2.45, 2.75) is 60.6 Å². The molecule has 0 spiro atoms. The monoisotopic (exact) mass is 318 g/mol. The highest BCUT2D eigenvalue weighted by Crippen LogP contribution is 2.44. The summed E-state index contributed by atoms with van der Waals surface area (Å²) in [5.74, 6) is 0.350. The standard InChI is InChI=1S/C18H26N2OS/c19-15-9-8-14(12-15)17(21)20-13-18(10-4-5-11-18)22-16-6-2-1-3-7-16/h1-3,6-7,14-15H,4-5,8-13,19H2,(H,20,21). The van der Waals surface area contributed by atoms with Crippen LogP contribution in [-0.4, -0.2) is 23.2 Å². The van der Waals surface area contributed by atoms with E-state index in [0.717, 1.165) is 25.8 Å². The maximum atomic E-state index is 12.4. The van der Waals surface area contributed by atoms with Gasteiger partial charge in [-0.3, -0.25) is 4.79 Å². The van der Waals surface area contributed by atoms with Crippen LogP contribution < -0.4 is 11.1 Å². The third-order valence-electron chi connectivity index (χ3n) is 5.02. The fraction of sp³-hybridized carbons (Fsp3) is 0.611. The van der Waals surface area contributed by atoms with Crippen LogP contribution in [-0.2, 0) is 4.79 Å². The number of nitrogens with two attached hydrogens (primary N) is 1. The van der Waals surface area contributed by atoms with E-state index in [-0.39, 0.29) is 22.6 Å². The summed E-state index contributed by atoms with van der Waals surface area (Å²) >= 11 is 1.94. The highest BCUT2D eigenvalue weighted by Gasteiger charge is 2.36. The van der Waals surface area contributed by atoms with Gasteiger partial charge in [0.05, 0.1) is 0 Å². The largest absolute Gasteiger partial charge is 0.354 e. The van der Waals surface area contributed by atoms with Crippen molar-refractivity contribution in [3.05, 3.63) is 30.3 Å². The molecule has 22 heavy (non-hydrogen) atoms. The first-order valence-corrected chi connectivity index (χ1v) is 9.26. The number of hydrogen-bond donors (Lipinski definition) is 2. The summed E-state index contributed by atoms with van der Waals surface area (Å²) in [5, 5.41) is 3.23. The average Bonchev–Trinajstić information content (AvgIpc) is 3.16. The molecule has 0 aliphatic heterocycles. The van der Waals surface area contributed by atoms with E-state index in [0.29, 0.717) is 0 Å². The molecule has 0 radical (unpaired) electrons. The number of thioether (sulfide) groups is 1. The Hall–Kier alpha value is -1.00. The Morgan fingerprint density at radius 2 is 1.95 bits per heavy atom. The molecule has 2 atom stereocenters. The molecule has 3 N–H and O–H groups in total. The number of carbonyl (C=O) groups excluding carboxylic acids is 1. The number of benzene rings is 1. The molecule has 0 heterocycles. The molecular formula is C18H26N2OS. The third-order valence-corrected chi connectivity index (χ3v) is 6.51. The quantitative estimate of drug-likeness (QED) is 0.875. The predicted molar refractivity (Wildman–Crippen MR) is 91.8 cm³/mol. The van der Waals surface area contributed by atoms with E-state index in [2.05, 4.69) is 35.6 Å². The Morgan fingerprint density at radius 1 is 1.23 bits per heavy atom. The van der Waals surface area contributed by atoms with E-state index in [9.17, 15) is 4.79 Å². The molecule has 2 saturated carbocycles. The van der Waals surface area contributed by atoms with E-state index in [4.69, 9.17) is 5.73 Å². The molecular weight excluding hydrogens is 292 g/mol. The zero-order valence-corrected chi connectivity index (χ0v) is 13.9. The lowest BCUT2D eigenvalue weighted by molar-refractivity contribution is -0.124. The van der Waals surface area contributed by atoms with Crippen molar-refractivity contribution in [2.75, 3.05) is 6.54 Å². The second kappa shape index (κ2) is 7.05. The Balaban J connectivity index is 1.58. The van der Waals surface area contributed by atoms with Gasteiger partial charge in [0.15, 0.2) is 0 Å². The van der Waals surface area contributed by atoms with Crippen molar-refractivity contribution in [1.82, 2.24) is 5.32 Å². The normalized spacial score (nSPS) is 27.0. The number of carbonyl (C=O) groups is 1. The van der Waals surface area contributed by atoms with E-state index < -0.39 is 0 Å². The molecule has 0 saturated heterocycles. The van der Waals surface area contributed by atoms with Crippen LogP contribution in [0.25, 0.3) is 0 Å². The molecule has 0 bridgehead atoms. The predicted octanol–water partition coefficient (Wildman–Crippen LogP) is 3.34. The van der Waals surface area contributed by atoms with Crippen LogP contribution in [0.5, 0.6) is 0 Å². The van der Waals surface area contributed by atoms with E-state index in [1.54, 1.807) is 0 Å². The molecule has 120 valence electrons. The smallest absolute Gasteiger partial charge is 0.223 e. The summed E-state index contributed by atoms with van der Waals surface area (Å²) in [6, 6.07) is 10.8. The molecule has 0 aromatic heterocycles. The van der Waals surface area contributed by atoms with Gasteiger partial charge in [0, 0.05) is 28.1 Å². The van der Waals surface area contributed by atoms with Crippen molar-refractivity contribution in [1.29, 1.82) is 0 Å². The van der Waals surface area contributed by atoms with Gasteiger partial charge in [-0.2, -0.15) is 0 Å². The van der Waals surface area contributed by atoms with Crippen molar-refractivity contribution >= 4 is 17.7 Å². The van der Waals surface area contributed by atoms with E-state index >= 15 is 0 Å². The van der Waals surface area contributed by atoms with Gasteiger partial charge in [0.2, 0.25) is 5.91 Å². The lowest BCUT2D eigenvalue weighted by Crippen LogP contribution is -2.41. The van der Waals surface area contributed by atoms with Crippen molar-refractivity contribution in [3.8, 4) is 0 Å². The lowest BCUT2D eigenvalue weighted by Gasteiger charge is -2.29. The molecule has 2 aliphatic rings. The van der Waals surface area contributed by atoms with Crippen LogP contribution in [0.2, 0.25) is 0 Å². The van der Waals surface area contributed by atoms with Gasteiger partial charge in [-0.25, -0.2) is 0 Å². The number of nitrogens with one attached hydrogen (secondary N) is 1. The Kier molecular flexibility index (Phi) is 5.09. The Labute approximate surface area is 137 Å². The number of hydrogen-bond acceptors (Lipinski definition) is 3. The van der Waals surface area contributed by atoms with Gasteiger partial charge < -0.3 is 11.1 Å². The highest BCUT2D eigenvalue weighted by atomic mass is 32.2. The van der Waals surface area contributed by atoms with Crippen LogP contribution >= 0.6 is 11.8 Å². The first-order valence-electron chi connectivity index (χ1n) is 8.44. The Bertz CT molecular complexity index is 499. The van der Waals surface area contributed by atoms with Gasteiger partial charge in [-0.05, 0) is 44.2 Å². The fourth-order valence-electron chi connectivity index (χ4n) is 3.72. The summed E-state index contributed by atoms with van der Waals surface area (Å²) in [5.41, 5.74) is 5.93. The Morgan fingerprint density at radius 3 is 2.59 bits per heavy atom. The van der Waals surface area contributed by atoms with Gasteiger partial charge in [0.25, 0.3) is 0 Å². The molecule has 2 unspecified atom stereocenters. The summed E-state index contributed by atoms with van der Waals surface area (Å²) in [7, 11) is 0. The molecule has 4 heteroatoms. The number of amides is 1. The van der Waals surface area contributed by atoms with Crippen LogP contribution in [0.4, 0.5) is 0 Å². The minimum atomic E-state index is 0.134. The highest BCUT2D eigenvalue weighted by molar-refractivity contribution is 8.00. The lowest BCUT2D eigenvalue weighted by atomic mass is 10.0. The first kappa shape index (κ1) is 15.9. The van der Waals surface area contributed by atoms with Crippen LogP contribution in [0.15, 0.2) is 35.2 Å². The fourth-order valence-corrected chi connectivity index (χ4v) is 5.15. The molecule has 1 amide bonds. The summed E-state index contributed by atoms with van der Waals surface area (Å²) in [4.78, 5) is 13.7. The van der Waals surface area contributed by atoms with Crippen molar-refractivity contribution < 1.29 is 4.79 Å². The molecule has 1 aromatic carbocycles. The van der Waals surface area contributed by atoms with E-state index in [1.807, 2.05) is 11.8 Å². The molecule has 3 nitrogen and oxygen atoms in total. The van der Waals surface area contributed by atoms with Gasteiger partial charge in [-0.1, -0.05) is 31.0 Å². The second-order valence-electron chi connectivity index (χ2n) is 6.79. The second-order valence-corrected chi connectivity index (χ2v) is 8.33. The van der Waals surface area contributed by atoms with Gasteiger partial charge in [-0.15, -0.1) is 11.8 Å². The van der Waals surface area contributed by atoms with Crippen molar-refractivity contribution in [2.24, 2.45) is 11.7 Å². The summed E-state index contributed by atoms with van der Waals surface area (Å²) in [6.45, 7) is 0.789. The minimum absolute atomic E-state index is 0.134.